The third kappa shape index (κ3) is 3.59. The van der Waals surface area contributed by atoms with Crippen molar-refractivity contribution in [2.75, 3.05) is 23.9 Å². The van der Waals surface area contributed by atoms with Crippen LogP contribution >= 0.6 is 11.8 Å². The molecule has 0 saturated heterocycles. The number of nitrogens with one attached hydrogen (secondary N) is 1. The highest BCUT2D eigenvalue weighted by Gasteiger charge is 2.16. The normalized spacial score (nSPS) is 9.94. The Morgan fingerprint density at radius 1 is 1.71 bits per heavy atom. The molecule has 17 heavy (non-hydrogen) atoms. The second-order valence-electron chi connectivity index (χ2n) is 3.07. The first-order chi connectivity index (χ1) is 8.06. The summed E-state index contributed by atoms with van der Waals surface area (Å²) in [6.07, 6.45) is 2.96. The molecule has 0 bridgehead atoms. The van der Waals surface area contributed by atoms with Gasteiger partial charge >= 0.3 is 5.97 Å². The fourth-order valence-electron chi connectivity index (χ4n) is 1.13. The van der Waals surface area contributed by atoms with E-state index in [4.69, 9.17) is 5.11 Å². The number of thioether (sulfide) groups is 1. The highest BCUT2D eigenvalue weighted by molar-refractivity contribution is 7.98. The number of carbonyl (C=O) groups is 1. The van der Waals surface area contributed by atoms with Crippen LogP contribution in [0.5, 0.6) is 0 Å². The number of pyridine rings is 1. The van der Waals surface area contributed by atoms with Gasteiger partial charge in [-0.1, -0.05) is 0 Å². The van der Waals surface area contributed by atoms with Crippen LogP contribution in [0, 0.1) is 10.1 Å². The average Bonchev–Trinajstić information content (AvgIpc) is 2.29. The van der Waals surface area contributed by atoms with Gasteiger partial charge in [-0.25, -0.2) is 9.78 Å². The van der Waals surface area contributed by atoms with Crippen molar-refractivity contribution >= 4 is 29.2 Å². The van der Waals surface area contributed by atoms with E-state index in [1.54, 1.807) is 11.8 Å². The summed E-state index contributed by atoms with van der Waals surface area (Å²) in [6, 6.07) is 0.997. The van der Waals surface area contributed by atoms with Gasteiger partial charge in [-0.15, -0.1) is 0 Å². The Kier molecular flexibility index (Phi) is 4.70. The Hall–Kier alpha value is -1.83. The van der Waals surface area contributed by atoms with Crippen LogP contribution in [0.2, 0.25) is 0 Å². The van der Waals surface area contributed by atoms with Gasteiger partial charge in [-0.2, -0.15) is 11.8 Å². The highest BCUT2D eigenvalue weighted by atomic mass is 32.2. The molecular weight excluding hydrogens is 246 g/mol. The van der Waals surface area contributed by atoms with Crippen LogP contribution in [0.15, 0.2) is 12.3 Å². The molecule has 0 aliphatic heterocycles. The standard InChI is InChI=1S/C9H11N3O4S/c1-17-3-2-10-8-7(9(13)14)4-6(5-11-8)12(15)16/h4-5H,2-3H2,1H3,(H,10,11)(H,13,14). The third-order valence-electron chi connectivity index (χ3n) is 1.91. The molecule has 0 aromatic carbocycles. The number of aromatic nitrogens is 1. The third-order valence-corrected chi connectivity index (χ3v) is 2.53. The van der Waals surface area contributed by atoms with Gasteiger partial charge in [0.25, 0.3) is 5.69 Å². The number of anilines is 1. The first-order valence-corrected chi connectivity index (χ1v) is 6.06. The fourth-order valence-corrected chi connectivity index (χ4v) is 1.44. The fraction of sp³-hybridized carbons (Fsp3) is 0.333. The lowest BCUT2D eigenvalue weighted by molar-refractivity contribution is -0.385. The summed E-state index contributed by atoms with van der Waals surface area (Å²) < 4.78 is 0. The van der Waals surface area contributed by atoms with E-state index in [0.717, 1.165) is 18.0 Å². The van der Waals surface area contributed by atoms with Crippen LogP contribution < -0.4 is 5.32 Å². The Labute approximate surface area is 101 Å². The smallest absolute Gasteiger partial charge is 0.339 e. The second-order valence-corrected chi connectivity index (χ2v) is 4.06. The number of carboxylic acids is 1. The summed E-state index contributed by atoms with van der Waals surface area (Å²) in [5.74, 6) is -0.303. The lowest BCUT2D eigenvalue weighted by Crippen LogP contribution is -2.11. The minimum atomic E-state index is -1.24. The number of carboxylic acid groups (broad SMARTS) is 1. The Morgan fingerprint density at radius 3 is 2.94 bits per heavy atom. The summed E-state index contributed by atoms with van der Waals surface area (Å²) in [6.45, 7) is 0.548. The van der Waals surface area contributed by atoms with Crippen molar-refractivity contribution < 1.29 is 14.8 Å². The van der Waals surface area contributed by atoms with Gasteiger partial charge in [-0.05, 0) is 6.26 Å². The van der Waals surface area contributed by atoms with Gasteiger partial charge in [0.1, 0.15) is 17.6 Å². The molecule has 2 N–H and O–H groups in total. The van der Waals surface area contributed by atoms with Gasteiger partial charge < -0.3 is 10.4 Å². The predicted octanol–water partition coefficient (Wildman–Crippen LogP) is 1.46. The predicted molar refractivity (Wildman–Crippen MR) is 64.7 cm³/mol. The maximum Gasteiger partial charge on any atom is 0.339 e. The molecule has 1 aromatic rings. The van der Waals surface area contributed by atoms with Crippen molar-refractivity contribution in [3.8, 4) is 0 Å². The average molecular weight is 257 g/mol. The van der Waals surface area contributed by atoms with Crippen LogP contribution in [-0.2, 0) is 0 Å². The van der Waals surface area contributed by atoms with E-state index in [9.17, 15) is 14.9 Å². The van der Waals surface area contributed by atoms with Crippen molar-refractivity contribution in [2.24, 2.45) is 0 Å². The topological polar surface area (TPSA) is 105 Å². The van der Waals surface area contributed by atoms with Crippen molar-refractivity contribution in [3.05, 3.63) is 27.9 Å². The zero-order valence-corrected chi connectivity index (χ0v) is 9.86. The Balaban J connectivity index is 2.96. The molecule has 1 aromatic heterocycles. The molecule has 1 rings (SSSR count). The monoisotopic (exact) mass is 257 g/mol. The summed E-state index contributed by atoms with van der Waals surface area (Å²) in [4.78, 5) is 24.5. The molecule has 0 unspecified atom stereocenters. The minimum absolute atomic E-state index is 0.150. The molecule has 0 saturated carbocycles. The van der Waals surface area contributed by atoms with Crippen LogP contribution in [0.3, 0.4) is 0 Å². The molecule has 0 amide bonds. The lowest BCUT2D eigenvalue weighted by atomic mass is 10.2. The van der Waals surface area contributed by atoms with E-state index >= 15 is 0 Å². The Morgan fingerprint density at radius 2 is 2.41 bits per heavy atom. The second kappa shape index (κ2) is 6.04. The number of rotatable bonds is 6. The molecule has 0 atom stereocenters. The first-order valence-electron chi connectivity index (χ1n) is 4.66. The van der Waals surface area contributed by atoms with E-state index < -0.39 is 10.9 Å². The number of aromatic carboxylic acids is 1. The van der Waals surface area contributed by atoms with Crippen molar-refractivity contribution in [1.29, 1.82) is 0 Å². The number of nitro groups is 1. The molecule has 0 radical (unpaired) electrons. The van der Waals surface area contributed by atoms with Crippen LogP contribution in [-0.4, -0.2) is 39.5 Å². The number of nitrogens with zero attached hydrogens (tertiary/aromatic N) is 2. The molecule has 92 valence electrons. The van der Waals surface area contributed by atoms with Crippen molar-refractivity contribution in [3.63, 3.8) is 0 Å². The maximum atomic E-state index is 10.9. The number of hydrogen-bond acceptors (Lipinski definition) is 6. The molecule has 1 heterocycles. The van der Waals surface area contributed by atoms with Gasteiger partial charge in [0.15, 0.2) is 0 Å². The highest BCUT2D eigenvalue weighted by Crippen LogP contribution is 2.19. The van der Waals surface area contributed by atoms with Gasteiger partial charge in [0.05, 0.1) is 4.92 Å². The number of hydrogen-bond donors (Lipinski definition) is 2. The SMILES string of the molecule is CSCCNc1ncc([N+](=O)[O-])cc1C(=O)O. The van der Waals surface area contributed by atoms with E-state index in [0.29, 0.717) is 6.54 Å². The Bertz CT molecular complexity index is 438. The molecule has 0 aliphatic rings. The van der Waals surface area contributed by atoms with E-state index in [1.807, 2.05) is 6.26 Å². The van der Waals surface area contributed by atoms with E-state index in [-0.39, 0.29) is 17.1 Å². The zero-order chi connectivity index (χ0) is 12.8. The molecule has 0 spiro atoms. The summed E-state index contributed by atoms with van der Waals surface area (Å²) >= 11 is 1.60. The largest absolute Gasteiger partial charge is 0.478 e. The molecule has 0 fully saturated rings. The molecule has 8 heteroatoms. The zero-order valence-electron chi connectivity index (χ0n) is 9.04. The van der Waals surface area contributed by atoms with Crippen molar-refractivity contribution in [2.45, 2.75) is 0 Å². The van der Waals surface area contributed by atoms with E-state index in [2.05, 4.69) is 10.3 Å². The maximum absolute atomic E-state index is 10.9. The van der Waals surface area contributed by atoms with Crippen LogP contribution in [0.1, 0.15) is 10.4 Å². The van der Waals surface area contributed by atoms with Gasteiger partial charge in [0.2, 0.25) is 0 Å². The molecular formula is C9H11N3O4S. The molecule has 0 aliphatic carbocycles. The molecule has 7 nitrogen and oxygen atoms in total. The summed E-state index contributed by atoms with van der Waals surface area (Å²) in [7, 11) is 0. The van der Waals surface area contributed by atoms with Gasteiger partial charge in [0, 0.05) is 18.4 Å². The van der Waals surface area contributed by atoms with Gasteiger partial charge in [-0.3, -0.25) is 10.1 Å². The lowest BCUT2D eigenvalue weighted by Gasteiger charge is -2.07. The first kappa shape index (κ1) is 13.2. The van der Waals surface area contributed by atoms with Crippen LogP contribution in [0.25, 0.3) is 0 Å². The van der Waals surface area contributed by atoms with Crippen LogP contribution in [0.4, 0.5) is 11.5 Å². The van der Waals surface area contributed by atoms with Crippen molar-refractivity contribution in [1.82, 2.24) is 4.98 Å². The summed E-state index contributed by atoms with van der Waals surface area (Å²) in [5.41, 5.74) is -0.530. The van der Waals surface area contributed by atoms with E-state index in [1.165, 1.54) is 0 Å². The summed E-state index contributed by atoms with van der Waals surface area (Å²) in [5, 5.41) is 22.2. The minimum Gasteiger partial charge on any atom is -0.478 e. The quantitative estimate of drug-likeness (QED) is 0.451.